The van der Waals surface area contributed by atoms with E-state index in [2.05, 4.69) is 26.1 Å². The standard InChI is InChI=1S/C16H28N2O2/c1-11(2)8-14-16(20)18(10-15(19)17-14)9-13-7-5-4-6-12(13)3/h11-14H,4-10H2,1-3H3,(H,17,19). The van der Waals surface area contributed by atoms with Crippen molar-refractivity contribution in [3.8, 4) is 0 Å². The van der Waals surface area contributed by atoms with Crippen molar-refractivity contribution >= 4 is 11.8 Å². The fourth-order valence-electron chi connectivity index (χ4n) is 3.51. The molecule has 0 spiro atoms. The minimum atomic E-state index is -0.310. The Balaban J connectivity index is 1.98. The van der Waals surface area contributed by atoms with Crippen LogP contribution in [0.15, 0.2) is 0 Å². The third-order valence-electron chi connectivity index (χ3n) is 4.73. The quantitative estimate of drug-likeness (QED) is 0.858. The minimum Gasteiger partial charge on any atom is -0.343 e. The van der Waals surface area contributed by atoms with Crippen molar-refractivity contribution in [2.45, 2.75) is 58.9 Å². The Hall–Kier alpha value is -1.06. The monoisotopic (exact) mass is 280 g/mol. The third-order valence-corrected chi connectivity index (χ3v) is 4.73. The van der Waals surface area contributed by atoms with Crippen LogP contribution in [0, 0.1) is 17.8 Å². The van der Waals surface area contributed by atoms with E-state index < -0.39 is 0 Å². The van der Waals surface area contributed by atoms with Crippen molar-refractivity contribution < 1.29 is 9.59 Å². The zero-order valence-corrected chi connectivity index (χ0v) is 13.0. The lowest BCUT2D eigenvalue weighted by Gasteiger charge is -2.38. The molecule has 1 saturated heterocycles. The Morgan fingerprint density at radius 3 is 2.60 bits per heavy atom. The van der Waals surface area contributed by atoms with E-state index in [4.69, 9.17) is 0 Å². The van der Waals surface area contributed by atoms with E-state index in [1.807, 2.05) is 0 Å². The van der Waals surface area contributed by atoms with Crippen LogP contribution in [0.2, 0.25) is 0 Å². The Kier molecular flexibility index (Phi) is 5.06. The number of hydrogen-bond donors (Lipinski definition) is 1. The zero-order valence-electron chi connectivity index (χ0n) is 13.0. The van der Waals surface area contributed by atoms with E-state index in [1.54, 1.807) is 4.90 Å². The predicted molar refractivity (Wildman–Crippen MR) is 79.1 cm³/mol. The molecule has 0 bridgehead atoms. The first-order valence-electron chi connectivity index (χ1n) is 8.05. The van der Waals surface area contributed by atoms with Gasteiger partial charge in [-0.2, -0.15) is 0 Å². The fourth-order valence-corrected chi connectivity index (χ4v) is 3.51. The second kappa shape index (κ2) is 6.59. The molecule has 20 heavy (non-hydrogen) atoms. The summed E-state index contributed by atoms with van der Waals surface area (Å²) in [7, 11) is 0. The van der Waals surface area contributed by atoms with Gasteiger partial charge in [0.05, 0.1) is 6.54 Å². The van der Waals surface area contributed by atoms with Crippen LogP contribution in [0.5, 0.6) is 0 Å². The molecule has 1 aliphatic carbocycles. The van der Waals surface area contributed by atoms with E-state index in [-0.39, 0.29) is 24.4 Å². The topological polar surface area (TPSA) is 49.4 Å². The second-order valence-corrected chi connectivity index (χ2v) is 6.99. The van der Waals surface area contributed by atoms with Gasteiger partial charge >= 0.3 is 0 Å². The minimum absolute atomic E-state index is 0.00119. The fraction of sp³-hybridized carbons (Fsp3) is 0.875. The van der Waals surface area contributed by atoms with Gasteiger partial charge in [0, 0.05) is 6.54 Å². The molecule has 2 rings (SSSR count). The molecule has 2 aliphatic rings. The molecule has 1 N–H and O–H groups in total. The highest BCUT2D eigenvalue weighted by atomic mass is 16.2. The van der Waals surface area contributed by atoms with Crippen LogP contribution in [0.25, 0.3) is 0 Å². The molecule has 3 unspecified atom stereocenters. The van der Waals surface area contributed by atoms with Crippen LogP contribution in [-0.2, 0) is 9.59 Å². The number of rotatable bonds is 4. The van der Waals surface area contributed by atoms with Gasteiger partial charge in [0.1, 0.15) is 6.04 Å². The number of hydrogen-bond acceptors (Lipinski definition) is 2. The highest BCUT2D eigenvalue weighted by Crippen LogP contribution is 2.30. The smallest absolute Gasteiger partial charge is 0.245 e. The SMILES string of the molecule is CC(C)CC1NC(=O)CN(CC2CCCCC2C)C1=O. The third kappa shape index (κ3) is 3.74. The number of carbonyl (C=O) groups excluding carboxylic acids is 2. The number of nitrogens with zero attached hydrogens (tertiary/aromatic N) is 1. The molecular formula is C16H28N2O2. The van der Waals surface area contributed by atoms with Crippen LogP contribution in [0.1, 0.15) is 52.9 Å². The molecule has 2 amide bonds. The summed E-state index contributed by atoms with van der Waals surface area (Å²) in [5.74, 6) is 1.77. The van der Waals surface area contributed by atoms with Crippen molar-refractivity contribution in [1.29, 1.82) is 0 Å². The first-order valence-corrected chi connectivity index (χ1v) is 8.05. The zero-order chi connectivity index (χ0) is 14.7. The predicted octanol–water partition coefficient (Wildman–Crippen LogP) is 2.19. The number of carbonyl (C=O) groups is 2. The molecule has 1 aliphatic heterocycles. The summed E-state index contributed by atoms with van der Waals surface area (Å²) in [5, 5.41) is 2.85. The highest BCUT2D eigenvalue weighted by Gasteiger charge is 2.35. The Labute approximate surface area is 122 Å². The molecule has 0 radical (unpaired) electrons. The molecule has 2 fully saturated rings. The first kappa shape index (κ1) is 15.3. The van der Waals surface area contributed by atoms with E-state index in [0.717, 1.165) is 13.0 Å². The average Bonchev–Trinajstić information content (AvgIpc) is 2.37. The van der Waals surface area contributed by atoms with Crippen molar-refractivity contribution in [3.63, 3.8) is 0 Å². The summed E-state index contributed by atoms with van der Waals surface area (Å²) < 4.78 is 0. The van der Waals surface area contributed by atoms with Gasteiger partial charge in [0.25, 0.3) is 0 Å². The Bertz CT molecular complexity index is 367. The van der Waals surface area contributed by atoms with Gasteiger partial charge in [-0.3, -0.25) is 9.59 Å². The summed E-state index contributed by atoms with van der Waals surface area (Å²) in [5.41, 5.74) is 0. The normalized spacial score (nSPS) is 31.6. The van der Waals surface area contributed by atoms with Crippen LogP contribution in [0.3, 0.4) is 0 Å². The van der Waals surface area contributed by atoms with Crippen LogP contribution in [-0.4, -0.2) is 35.8 Å². The maximum absolute atomic E-state index is 12.5. The van der Waals surface area contributed by atoms with Crippen LogP contribution >= 0.6 is 0 Å². The van der Waals surface area contributed by atoms with Gasteiger partial charge in [-0.15, -0.1) is 0 Å². The van der Waals surface area contributed by atoms with Gasteiger partial charge in [-0.25, -0.2) is 0 Å². The van der Waals surface area contributed by atoms with Crippen molar-refractivity contribution in [2.75, 3.05) is 13.1 Å². The summed E-state index contributed by atoms with van der Waals surface area (Å²) in [6, 6.07) is -0.310. The maximum atomic E-state index is 12.5. The lowest BCUT2D eigenvalue weighted by atomic mass is 9.80. The molecule has 1 heterocycles. The van der Waals surface area contributed by atoms with Crippen molar-refractivity contribution in [2.24, 2.45) is 17.8 Å². The van der Waals surface area contributed by atoms with Gasteiger partial charge in [-0.1, -0.05) is 40.0 Å². The molecule has 4 nitrogen and oxygen atoms in total. The highest BCUT2D eigenvalue weighted by molar-refractivity contribution is 5.94. The summed E-state index contributed by atoms with van der Waals surface area (Å²) in [6.07, 6.45) is 5.76. The second-order valence-electron chi connectivity index (χ2n) is 6.99. The molecule has 114 valence electrons. The van der Waals surface area contributed by atoms with E-state index in [9.17, 15) is 9.59 Å². The van der Waals surface area contributed by atoms with E-state index >= 15 is 0 Å². The maximum Gasteiger partial charge on any atom is 0.245 e. The van der Waals surface area contributed by atoms with Crippen LogP contribution in [0.4, 0.5) is 0 Å². The van der Waals surface area contributed by atoms with Gasteiger partial charge < -0.3 is 10.2 Å². The van der Waals surface area contributed by atoms with E-state index in [1.165, 1.54) is 25.7 Å². The van der Waals surface area contributed by atoms with E-state index in [0.29, 0.717) is 17.8 Å². The molecule has 0 aromatic carbocycles. The Morgan fingerprint density at radius 2 is 1.95 bits per heavy atom. The molecule has 0 aromatic rings. The first-order chi connectivity index (χ1) is 9.47. The molecule has 4 heteroatoms. The lowest BCUT2D eigenvalue weighted by molar-refractivity contribution is -0.145. The van der Waals surface area contributed by atoms with Gasteiger partial charge in [-0.05, 0) is 30.6 Å². The largest absolute Gasteiger partial charge is 0.343 e. The van der Waals surface area contributed by atoms with Crippen molar-refractivity contribution in [3.05, 3.63) is 0 Å². The molecule has 3 atom stereocenters. The van der Waals surface area contributed by atoms with Crippen molar-refractivity contribution in [1.82, 2.24) is 10.2 Å². The van der Waals surface area contributed by atoms with Gasteiger partial charge in [0.15, 0.2) is 0 Å². The summed E-state index contributed by atoms with van der Waals surface area (Å²) >= 11 is 0. The number of amides is 2. The molecular weight excluding hydrogens is 252 g/mol. The summed E-state index contributed by atoms with van der Waals surface area (Å²) in [6.45, 7) is 7.46. The lowest BCUT2D eigenvalue weighted by Crippen LogP contribution is -2.59. The van der Waals surface area contributed by atoms with Gasteiger partial charge in [0.2, 0.25) is 11.8 Å². The molecule has 0 aromatic heterocycles. The van der Waals surface area contributed by atoms with Crippen LogP contribution < -0.4 is 5.32 Å². The Morgan fingerprint density at radius 1 is 1.25 bits per heavy atom. The number of piperazine rings is 1. The average molecular weight is 280 g/mol. The molecule has 1 saturated carbocycles. The summed E-state index contributed by atoms with van der Waals surface area (Å²) in [4.78, 5) is 26.1. The number of nitrogens with one attached hydrogen (secondary N) is 1.